The van der Waals surface area contributed by atoms with E-state index in [4.69, 9.17) is 0 Å². The van der Waals surface area contributed by atoms with Crippen molar-refractivity contribution in [1.82, 2.24) is 0 Å². The average molecular weight is 315 g/mol. The van der Waals surface area contributed by atoms with Gasteiger partial charge in [0, 0.05) is 25.0 Å². The molecule has 0 radical (unpaired) electrons. The second kappa shape index (κ2) is 6.81. The van der Waals surface area contributed by atoms with Crippen LogP contribution in [0.2, 0.25) is 0 Å². The highest BCUT2D eigenvalue weighted by molar-refractivity contribution is 7.95. The second-order valence-corrected chi connectivity index (χ2v) is 5.90. The SMILES string of the molecule is CCN(CC)c1cccc(N2C=CC=CS2(=O)=O)c1.Cl. The summed E-state index contributed by atoms with van der Waals surface area (Å²) in [6, 6.07) is 7.57. The molecule has 0 aromatic heterocycles. The normalized spacial score (nSPS) is 15.8. The average Bonchev–Trinajstić information content (AvgIpc) is 2.40. The zero-order chi connectivity index (χ0) is 13.9. The van der Waals surface area contributed by atoms with E-state index in [1.165, 1.54) is 15.8 Å². The van der Waals surface area contributed by atoms with Crippen molar-refractivity contribution in [3.8, 4) is 0 Å². The fraction of sp³-hybridized carbons (Fsp3) is 0.286. The lowest BCUT2D eigenvalue weighted by molar-refractivity contribution is 0.604. The molecule has 0 N–H and O–H groups in total. The molecule has 1 heterocycles. The Hall–Kier alpha value is -1.46. The van der Waals surface area contributed by atoms with Crippen LogP contribution in [0.1, 0.15) is 13.8 Å². The van der Waals surface area contributed by atoms with E-state index in [9.17, 15) is 8.42 Å². The number of allylic oxidation sites excluding steroid dienone is 2. The standard InChI is InChI=1S/C14H18N2O2S.ClH/c1-3-15(4-2)13-8-7-9-14(12-13)16-10-5-6-11-19(16,17)18;/h5-12H,3-4H2,1-2H3;1H. The molecule has 0 amide bonds. The highest BCUT2D eigenvalue weighted by Crippen LogP contribution is 2.26. The maximum Gasteiger partial charge on any atom is 0.261 e. The van der Waals surface area contributed by atoms with Gasteiger partial charge >= 0.3 is 0 Å². The first-order chi connectivity index (χ1) is 9.08. The van der Waals surface area contributed by atoms with Crippen LogP contribution in [0.15, 0.2) is 48.0 Å². The van der Waals surface area contributed by atoms with E-state index in [1.54, 1.807) is 18.3 Å². The fourth-order valence-electron chi connectivity index (χ4n) is 2.07. The largest absolute Gasteiger partial charge is 0.372 e. The summed E-state index contributed by atoms with van der Waals surface area (Å²) < 4.78 is 25.2. The van der Waals surface area contributed by atoms with Gasteiger partial charge in [-0.3, -0.25) is 0 Å². The first-order valence-electron chi connectivity index (χ1n) is 6.33. The van der Waals surface area contributed by atoms with Gasteiger partial charge in [-0.15, -0.1) is 12.4 Å². The van der Waals surface area contributed by atoms with E-state index in [-0.39, 0.29) is 12.4 Å². The van der Waals surface area contributed by atoms with E-state index < -0.39 is 10.0 Å². The van der Waals surface area contributed by atoms with Crippen molar-refractivity contribution in [2.75, 3.05) is 22.3 Å². The molecular formula is C14H19ClN2O2S. The molecule has 1 aliphatic heterocycles. The minimum absolute atomic E-state index is 0. The lowest BCUT2D eigenvalue weighted by Crippen LogP contribution is -2.26. The van der Waals surface area contributed by atoms with Gasteiger partial charge in [-0.2, -0.15) is 0 Å². The predicted octanol–water partition coefficient (Wildman–Crippen LogP) is 3.13. The molecule has 1 aliphatic rings. The first kappa shape index (κ1) is 16.6. The van der Waals surface area contributed by atoms with Crippen LogP contribution in [-0.4, -0.2) is 21.5 Å². The number of rotatable bonds is 4. The Kier molecular flexibility index (Phi) is 5.65. The second-order valence-electron chi connectivity index (χ2n) is 4.20. The third-order valence-electron chi connectivity index (χ3n) is 3.07. The minimum atomic E-state index is -3.39. The summed E-state index contributed by atoms with van der Waals surface area (Å²) in [7, 11) is -3.39. The van der Waals surface area contributed by atoms with Crippen LogP contribution in [0.3, 0.4) is 0 Å². The molecule has 0 saturated heterocycles. The zero-order valence-corrected chi connectivity index (χ0v) is 13.2. The Morgan fingerprint density at radius 1 is 1.15 bits per heavy atom. The molecule has 0 aliphatic carbocycles. The Morgan fingerprint density at radius 2 is 1.85 bits per heavy atom. The van der Waals surface area contributed by atoms with Gasteiger partial charge in [0.1, 0.15) is 0 Å². The smallest absolute Gasteiger partial charge is 0.261 e. The van der Waals surface area contributed by atoms with E-state index in [0.717, 1.165) is 18.8 Å². The van der Waals surface area contributed by atoms with Crippen molar-refractivity contribution >= 4 is 33.8 Å². The highest BCUT2D eigenvalue weighted by Gasteiger charge is 2.19. The van der Waals surface area contributed by atoms with E-state index in [0.29, 0.717) is 5.69 Å². The summed E-state index contributed by atoms with van der Waals surface area (Å²) in [6.45, 7) is 5.94. The van der Waals surface area contributed by atoms with Gasteiger partial charge in [0.25, 0.3) is 10.0 Å². The summed E-state index contributed by atoms with van der Waals surface area (Å²) in [6.07, 6.45) is 4.81. The zero-order valence-electron chi connectivity index (χ0n) is 11.6. The predicted molar refractivity (Wildman–Crippen MR) is 86.9 cm³/mol. The molecule has 1 aromatic carbocycles. The molecule has 20 heavy (non-hydrogen) atoms. The quantitative estimate of drug-likeness (QED) is 0.857. The number of hydrogen-bond acceptors (Lipinski definition) is 3. The minimum Gasteiger partial charge on any atom is -0.372 e. The number of anilines is 2. The van der Waals surface area contributed by atoms with Crippen LogP contribution in [0, 0.1) is 0 Å². The lowest BCUT2D eigenvalue weighted by Gasteiger charge is -2.25. The van der Waals surface area contributed by atoms with E-state index >= 15 is 0 Å². The summed E-state index contributed by atoms with van der Waals surface area (Å²) in [4.78, 5) is 2.18. The Morgan fingerprint density at radius 3 is 2.45 bits per heavy atom. The summed E-state index contributed by atoms with van der Waals surface area (Å²) >= 11 is 0. The number of nitrogens with zero attached hydrogens (tertiary/aromatic N) is 2. The van der Waals surface area contributed by atoms with Crippen LogP contribution < -0.4 is 9.21 Å². The third kappa shape index (κ3) is 3.35. The maximum absolute atomic E-state index is 12.0. The van der Waals surface area contributed by atoms with Gasteiger partial charge in [-0.1, -0.05) is 6.07 Å². The van der Waals surface area contributed by atoms with Crippen molar-refractivity contribution in [3.63, 3.8) is 0 Å². The monoisotopic (exact) mass is 314 g/mol. The van der Waals surface area contributed by atoms with Crippen molar-refractivity contribution in [1.29, 1.82) is 0 Å². The Balaban J connectivity index is 0.00000200. The molecule has 110 valence electrons. The van der Waals surface area contributed by atoms with E-state index in [1.807, 2.05) is 18.2 Å². The molecule has 0 saturated carbocycles. The summed E-state index contributed by atoms with van der Waals surface area (Å²) in [5, 5.41) is 1.21. The molecule has 2 rings (SSSR count). The molecule has 0 unspecified atom stereocenters. The molecule has 0 spiro atoms. The van der Waals surface area contributed by atoms with Crippen molar-refractivity contribution in [2.45, 2.75) is 13.8 Å². The fourth-order valence-corrected chi connectivity index (χ4v) is 3.14. The molecule has 0 bridgehead atoms. The molecule has 0 fully saturated rings. The molecule has 6 heteroatoms. The van der Waals surface area contributed by atoms with Crippen molar-refractivity contribution in [3.05, 3.63) is 48.0 Å². The van der Waals surface area contributed by atoms with Gasteiger partial charge in [0.05, 0.1) is 11.1 Å². The molecule has 0 atom stereocenters. The van der Waals surface area contributed by atoms with Gasteiger partial charge in [-0.05, 0) is 44.2 Å². The van der Waals surface area contributed by atoms with Crippen LogP contribution in [0.5, 0.6) is 0 Å². The number of sulfonamides is 1. The molecule has 4 nitrogen and oxygen atoms in total. The third-order valence-corrected chi connectivity index (χ3v) is 4.45. The van der Waals surface area contributed by atoms with Crippen LogP contribution in [0.25, 0.3) is 0 Å². The Labute approximate surface area is 126 Å². The van der Waals surface area contributed by atoms with Crippen LogP contribution in [0.4, 0.5) is 11.4 Å². The maximum atomic E-state index is 12.0. The van der Waals surface area contributed by atoms with Gasteiger partial charge in [0.2, 0.25) is 0 Å². The Bertz CT molecular complexity index is 607. The highest BCUT2D eigenvalue weighted by atomic mass is 35.5. The van der Waals surface area contributed by atoms with E-state index in [2.05, 4.69) is 18.7 Å². The topological polar surface area (TPSA) is 40.6 Å². The van der Waals surface area contributed by atoms with Gasteiger partial charge in [-0.25, -0.2) is 12.7 Å². The molecular weight excluding hydrogens is 296 g/mol. The number of benzene rings is 1. The first-order valence-corrected chi connectivity index (χ1v) is 7.83. The van der Waals surface area contributed by atoms with Crippen molar-refractivity contribution < 1.29 is 8.42 Å². The van der Waals surface area contributed by atoms with Crippen LogP contribution >= 0.6 is 12.4 Å². The van der Waals surface area contributed by atoms with Crippen molar-refractivity contribution in [2.24, 2.45) is 0 Å². The number of hydrogen-bond donors (Lipinski definition) is 0. The molecule has 1 aromatic rings. The number of halogens is 1. The summed E-state index contributed by atoms with van der Waals surface area (Å²) in [5.41, 5.74) is 1.69. The van der Waals surface area contributed by atoms with Gasteiger partial charge < -0.3 is 4.90 Å². The summed E-state index contributed by atoms with van der Waals surface area (Å²) in [5.74, 6) is 0. The lowest BCUT2D eigenvalue weighted by atomic mass is 10.2. The van der Waals surface area contributed by atoms with Crippen LogP contribution in [-0.2, 0) is 10.0 Å². The van der Waals surface area contributed by atoms with Gasteiger partial charge in [0.15, 0.2) is 0 Å².